The van der Waals surface area contributed by atoms with Gasteiger partial charge in [0.2, 0.25) is 0 Å². The molecule has 0 saturated heterocycles. The Morgan fingerprint density at radius 3 is 2.47 bits per heavy atom. The van der Waals surface area contributed by atoms with E-state index in [1.54, 1.807) is 0 Å². The molecule has 1 N–H and O–H groups in total. The second kappa shape index (κ2) is 7.00. The number of carboxylic acids is 1. The average Bonchev–Trinajstić information content (AvgIpc) is 2.25. The van der Waals surface area contributed by atoms with Crippen LogP contribution in [-0.2, 0) is 9.53 Å². The van der Waals surface area contributed by atoms with E-state index in [1.165, 1.54) is 25.7 Å². The van der Waals surface area contributed by atoms with Crippen LogP contribution in [0.5, 0.6) is 0 Å². The van der Waals surface area contributed by atoms with E-state index in [9.17, 15) is 4.79 Å². The van der Waals surface area contributed by atoms with E-state index < -0.39 is 5.97 Å². The molecule has 0 aromatic carbocycles. The quantitative estimate of drug-likeness (QED) is 0.694. The lowest BCUT2D eigenvalue weighted by molar-refractivity contribution is -0.137. The van der Waals surface area contributed by atoms with Gasteiger partial charge in [0.25, 0.3) is 0 Å². The third kappa shape index (κ3) is 6.67. The Balaban J connectivity index is 1.95. The van der Waals surface area contributed by atoms with Gasteiger partial charge in [-0.15, -0.1) is 0 Å². The van der Waals surface area contributed by atoms with Gasteiger partial charge in [-0.25, -0.2) is 0 Å². The molecule has 0 spiro atoms. The first-order valence-electron chi connectivity index (χ1n) is 6.83. The number of unbranched alkanes of at least 4 members (excludes halogenated alkanes) is 2. The first kappa shape index (κ1) is 14.5. The van der Waals surface area contributed by atoms with Crippen LogP contribution in [0.3, 0.4) is 0 Å². The Labute approximate surface area is 105 Å². The van der Waals surface area contributed by atoms with Crippen LogP contribution >= 0.6 is 0 Å². The smallest absolute Gasteiger partial charge is 0.303 e. The van der Waals surface area contributed by atoms with Crippen molar-refractivity contribution in [3.8, 4) is 0 Å². The van der Waals surface area contributed by atoms with Crippen LogP contribution in [-0.4, -0.2) is 23.8 Å². The number of hydrogen-bond acceptors (Lipinski definition) is 2. The molecule has 0 radical (unpaired) electrons. The van der Waals surface area contributed by atoms with Gasteiger partial charge < -0.3 is 9.84 Å². The lowest BCUT2D eigenvalue weighted by Crippen LogP contribution is -2.26. The SMILES string of the molecule is CC1(C)CCC(OCCCCCC(=O)O)CC1. The summed E-state index contributed by atoms with van der Waals surface area (Å²) in [7, 11) is 0. The topological polar surface area (TPSA) is 46.5 Å². The van der Waals surface area contributed by atoms with Crippen molar-refractivity contribution in [2.45, 2.75) is 71.3 Å². The first-order chi connectivity index (χ1) is 7.99. The van der Waals surface area contributed by atoms with Gasteiger partial charge in [-0.2, -0.15) is 0 Å². The molecule has 0 heterocycles. The van der Waals surface area contributed by atoms with Gasteiger partial charge in [-0.1, -0.05) is 20.3 Å². The maximum Gasteiger partial charge on any atom is 0.303 e. The van der Waals surface area contributed by atoms with Gasteiger partial charge in [0.15, 0.2) is 0 Å². The molecular formula is C14H26O3. The molecule has 3 nitrogen and oxygen atoms in total. The number of hydrogen-bond donors (Lipinski definition) is 1. The van der Waals surface area contributed by atoms with E-state index in [2.05, 4.69) is 13.8 Å². The molecular weight excluding hydrogens is 216 g/mol. The number of carboxylic acid groups (broad SMARTS) is 1. The Hall–Kier alpha value is -0.570. The minimum absolute atomic E-state index is 0.289. The van der Waals surface area contributed by atoms with Gasteiger partial charge >= 0.3 is 5.97 Å². The lowest BCUT2D eigenvalue weighted by Gasteiger charge is -2.34. The summed E-state index contributed by atoms with van der Waals surface area (Å²) in [5, 5.41) is 8.49. The van der Waals surface area contributed by atoms with Crippen molar-refractivity contribution in [1.82, 2.24) is 0 Å². The predicted molar refractivity (Wildman–Crippen MR) is 68.1 cm³/mol. The molecule has 0 unspecified atom stereocenters. The van der Waals surface area contributed by atoms with Gasteiger partial charge in [-0.3, -0.25) is 4.79 Å². The van der Waals surface area contributed by atoms with Crippen LogP contribution in [0, 0.1) is 5.41 Å². The summed E-state index contributed by atoms with van der Waals surface area (Å²) < 4.78 is 5.84. The minimum Gasteiger partial charge on any atom is -0.481 e. The number of rotatable bonds is 7. The lowest BCUT2D eigenvalue weighted by atomic mass is 9.76. The summed E-state index contributed by atoms with van der Waals surface area (Å²) in [5.41, 5.74) is 0.501. The fourth-order valence-electron chi connectivity index (χ4n) is 2.34. The largest absolute Gasteiger partial charge is 0.481 e. The molecule has 0 bridgehead atoms. The average molecular weight is 242 g/mol. The molecule has 1 aliphatic rings. The van der Waals surface area contributed by atoms with E-state index >= 15 is 0 Å². The summed E-state index contributed by atoms with van der Waals surface area (Å²) in [4.78, 5) is 10.3. The molecule has 1 saturated carbocycles. The summed E-state index contributed by atoms with van der Waals surface area (Å²) in [5.74, 6) is -0.694. The highest BCUT2D eigenvalue weighted by atomic mass is 16.5. The molecule has 0 atom stereocenters. The number of carbonyl (C=O) groups is 1. The van der Waals surface area contributed by atoms with Gasteiger partial charge in [-0.05, 0) is 43.9 Å². The Bertz CT molecular complexity index is 226. The normalized spacial score (nSPS) is 20.4. The molecule has 3 heteroatoms. The van der Waals surface area contributed by atoms with Crippen molar-refractivity contribution in [2.75, 3.05) is 6.61 Å². The first-order valence-corrected chi connectivity index (χ1v) is 6.83. The summed E-state index contributed by atoms with van der Waals surface area (Å²) in [6.45, 7) is 5.45. The van der Waals surface area contributed by atoms with Crippen LogP contribution in [0.4, 0.5) is 0 Å². The molecule has 0 aromatic heterocycles. The predicted octanol–water partition coefficient (Wildman–Crippen LogP) is 3.62. The van der Waals surface area contributed by atoms with Crippen molar-refractivity contribution in [2.24, 2.45) is 5.41 Å². The van der Waals surface area contributed by atoms with E-state index in [0.29, 0.717) is 11.5 Å². The zero-order chi connectivity index (χ0) is 12.7. The summed E-state index contributed by atoms with van der Waals surface area (Å²) in [6.07, 6.45) is 8.35. The molecule has 17 heavy (non-hydrogen) atoms. The zero-order valence-corrected chi connectivity index (χ0v) is 11.2. The number of ether oxygens (including phenoxy) is 1. The Morgan fingerprint density at radius 1 is 1.24 bits per heavy atom. The molecule has 1 rings (SSSR count). The molecule has 0 amide bonds. The van der Waals surface area contributed by atoms with Crippen molar-refractivity contribution < 1.29 is 14.6 Å². The third-order valence-electron chi connectivity index (χ3n) is 3.67. The van der Waals surface area contributed by atoms with Crippen molar-refractivity contribution in [3.05, 3.63) is 0 Å². The van der Waals surface area contributed by atoms with Crippen LogP contribution in [0.1, 0.15) is 65.2 Å². The Kier molecular flexibility index (Phi) is 5.96. The van der Waals surface area contributed by atoms with Crippen LogP contribution in [0.2, 0.25) is 0 Å². The maximum absolute atomic E-state index is 10.3. The highest BCUT2D eigenvalue weighted by Gasteiger charge is 2.26. The zero-order valence-electron chi connectivity index (χ0n) is 11.2. The highest BCUT2D eigenvalue weighted by molar-refractivity contribution is 5.66. The van der Waals surface area contributed by atoms with Gasteiger partial charge in [0.1, 0.15) is 0 Å². The van der Waals surface area contributed by atoms with Crippen LogP contribution in [0.25, 0.3) is 0 Å². The molecule has 0 aromatic rings. The minimum atomic E-state index is -0.694. The monoisotopic (exact) mass is 242 g/mol. The van der Waals surface area contributed by atoms with Crippen molar-refractivity contribution in [1.29, 1.82) is 0 Å². The maximum atomic E-state index is 10.3. The summed E-state index contributed by atoms with van der Waals surface area (Å²) >= 11 is 0. The standard InChI is InChI=1S/C14H26O3/c1-14(2)9-7-12(8-10-14)17-11-5-3-4-6-13(15)16/h12H,3-11H2,1-2H3,(H,15,16). The molecule has 1 fully saturated rings. The fraction of sp³-hybridized carbons (Fsp3) is 0.929. The van der Waals surface area contributed by atoms with E-state index in [-0.39, 0.29) is 6.42 Å². The molecule has 100 valence electrons. The molecule has 0 aliphatic heterocycles. The van der Waals surface area contributed by atoms with E-state index in [0.717, 1.165) is 25.9 Å². The second-order valence-electron chi connectivity index (χ2n) is 5.94. The number of aliphatic carboxylic acids is 1. The van der Waals surface area contributed by atoms with Crippen LogP contribution in [0.15, 0.2) is 0 Å². The summed E-state index contributed by atoms with van der Waals surface area (Å²) in [6, 6.07) is 0. The third-order valence-corrected chi connectivity index (χ3v) is 3.67. The highest BCUT2D eigenvalue weighted by Crippen LogP contribution is 2.36. The molecule has 1 aliphatic carbocycles. The van der Waals surface area contributed by atoms with Crippen molar-refractivity contribution >= 4 is 5.97 Å². The van der Waals surface area contributed by atoms with E-state index in [1.807, 2.05) is 0 Å². The van der Waals surface area contributed by atoms with Crippen molar-refractivity contribution in [3.63, 3.8) is 0 Å². The second-order valence-corrected chi connectivity index (χ2v) is 5.94. The van der Waals surface area contributed by atoms with Crippen LogP contribution < -0.4 is 0 Å². The Morgan fingerprint density at radius 2 is 1.88 bits per heavy atom. The van der Waals surface area contributed by atoms with E-state index in [4.69, 9.17) is 9.84 Å². The van der Waals surface area contributed by atoms with Gasteiger partial charge in [0.05, 0.1) is 6.10 Å². The van der Waals surface area contributed by atoms with Gasteiger partial charge in [0, 0.05) is 13.0 Å². The fourth-order valence-corrected chi connectivity index (χ4v) is 2.34.